The van der Waals surface area contributed by atoms with Crippen LogP contribution in [-0.2, 0) is 21.2 Å². The standard InChI is InChI=1S/C15H19F2NO5S2/c1-22-13-6-10(2-3-12(13)23-15(16)17)7-18-14(19)8-24-11-4-5-25(20,21)9-11/h2-3,6,11,15H,4-5,7-9H2,1H3,(H,18,19)/t11-/m0/s1. The highest BCUT2D eigenvalue weighted by molar-refractivity contribution is 8.02. The third-order valence-electron chi connectivity index (χ3n) is 3.57. The SMILES string of the molecule is COc1cc(CNC(=O)CS[C@H]2CCS(=O)(=O)C2)ccc1OC(F)F. The van der Waals surface area contributed by atoms with Crippen LogP contribution in [0.5, 0.6) is 11.5 Å². The summed E-state index contributed by atoms with van der Waals surface area (Å²) >= 11 is 1.33. The molecule has 25 heavy (non-hydrogen) atoms. The number of ether oxygens (including phenoxy) is 2. The predicted molar refractivity (Wildman–Crippen MR) is 91.0 cm³/mol. The van der Waals surface area contributed by atoms with Crippen molar-refractivity contribution in [1.29, 1.82) is 0 Å². The van der Waals surface area contributed by atoms with Gasteiger partial charge in [0.25, 0.3) is 0 Å². The van der Waals surface area contributed by atoms with Crippen LogP contribution in [0.1, 0.15) is 12.0 Å². The lowest BCUT2D eigenvalue weighted by molar-refractivity contribution is -0.118. The highest BCUT2D eigenvalue weighted by Gasteiger charge is 2.28. The molecule has 1 aliphatic heterocycles. The van der Waals surface area contributed by atoms with Crippen LogP contribution in [0.25, 0.3) is 0 Å². The molecule has 0 saturated carbocycles. The van der Waals surface area contributed by atoms with E-state index in [-0.39, 0.29) is 46.5 Å². The number of carbonyl (C=O) groups is 1. The van der Waals surface area contributed by atoms with Crippen LogP contribution in [0.15, 0.2) is 18.2 Å². The Balaban J connectivity index is 1.81. The minimum atomic E-state index is -2.95. The Morgan fingerprint density at radius 2 is 2.16 bits per heavy atom. The van der Waals surface area contributed by atoms with E-state index in [1.54, 1.807) is 6.07 Å². The van der Waals surface area contributed by atoms with Gasteiger partial charge < -0.3 is 14.8 Å². The van der Waals surface area contributed by atoms with Crippen molar-refractivity contribution >= 4 is 27.5 Å². The van der Waals surface area contributed by atoms with Crippen molar-refractivity contribution in [2.24, 2.45) is 0 Å². The van der Waals surface area contributed by atoms with Gasteiger partial charge in [0.05, 0.1) is 24.4 Å². The van der Waals surface area contributed by atoms with Crippen LogP contribution >= 0.6 is 11.8 Å². The topological polar surface area (TPSA) is 81.7 Å². The summed E-state index contributed by atoms with van der Waals surface area (Å²) in [5.74, 6) is 0.320. The Morgan fingerprint density at radius 1 is 1.40 bits per heavy atom. The molecule has 1 atom stereocenters. The number of sulfone groups is 1. The number of alkyl halides is 2. The summed E-state index contributed by atoms with van der Waals surface area (Å²) in [5.41, 5.74) is 0.667. The van der Waals surface area contributed by atoms with E-state index in [0.29, 0.717) is 12.0 Å². The van der Waals surface area contributed by atoms with Crippen molar-refractivity contribution in [3.8, 4) is 11.5 Å². The number of halogens is 2. The predicted octanol–water partition coefficient (Wildman–Crippen LogP) is 1.83. The molecule has 0 spiro atoms. The van der Waals surface area contributed by atoms with Gasteiger partial charge in [-0.1, -0.05) is 6.07 Å². The first-order chi connectivity index (χ1) is 11.8. The normalized spacial score (nSPS) is 19.0. The molecule has 140 valence electrons. The van der Waals surface area contributed by atoms with Crippen molar-refractivity contribution < 1.29 is 31.5 Å². The van der Waals surface area contributed by atoms with Gasteiger partial charge in [0.2, 0.25) is 5.91 Å². The Kier molecular flexibility index (Phi) is 6.88. The number of carbonyl (C=O) groups excluding carboxylic acids is 1. The molecule has 0 radical (unpaired) electrons. The van der Waals surface area contributed by atoms with Gasteiger partial charge in [-0.25, -0.2) is 8.42 Å². The Bertz CT molecular complexity index is 712. The van der Waals surface area contributed by atoms with Gasteiger partial charge in [0.1, 0.15) is 0 Å². The molecule has 1 aromatic carbocycles. The van der Waals surface area contributed by atoms with E-state index in [0.717, 1.165) is 0 Å². The Labute approximate surface area is 149 Å². The third kappa shape index (κ3) is 6.35. The minimum Gasteiger partial charge on any atom is -0.493 e. The van der Waals surface area contributed by atoms with Crippen LogP contribution in [-0.4, -0.2) is 50.6 Å². The molecule has 1 amide bonds. The maximum absolute atomic E-state index is 12.3. The number of hydrogen-bond donors (Lipinski definition) is 1. The second kappa shape index (κ2) is 8.70. The number of rotatable bonds is 8. The number of thioether (sulfide) groups is 1. The molecular weight excluding hydrogens is 376 g/mol. The molecule has 10 heteroatoms. The number of benzene rings is 1. The summed E-state index contributed by atoms with van der Waals surface area (Å²) in [5, 5.41) is 2.66. The zero-order valence-corrected chi connectivity index (χ0v) is 15.2. The molecule has 0 aliphatic carbocycles. The first-order valence-corrected chi connectivity index (χ1v) is 10.4. The fourth-order valence-corrected chi connectivity index (χ4v) is 5.83. The van der Waals surface area contributed by atoms with Crippen LogP contribution in [0.3, 0.4) is 0 Å². The van der Waals surface area contributed by atoms with Gasteiger partial charge in [-0.15, -0.1) is 11.8 Å². The maximum atomic E-state index is 12.3. The zero-order chi connectivity index (χ0) is 18.4. The molecule has 1 aromatic rings. The van der Waals surface area contributed by atoms with Gasteiger partial charge >= 0.3 is 6.61 Å². The average molecular weight is 395 g/mol. The minimum absolute atomic E-state index is 0.0402. The molecule has 1 saturated heterocycles. The molecule has 0 aromatic heterocycles. The Morgan fingerprint density at radius 3 is 2.76 bits per heavy atom. The fourth-order valence-electron chi connectivity index (χ4n) is 2.35. The highest BCUT2D eigenvalue weighted by Crippen LogP contribution is 2.29. The first-order valence-electron chi connectivity index (χ1n) is 7.49. The average Bonchev–Trinajstić information content (AvgIpc) is 2.90. The van der Waals surface area contributed by atoms with E-state index in [9.17, 15) is 22.0 Å². The maximum Gasteiger partial charge on any atom is 0.387 e. The molecule has 1 N–H and O–H groups in total. The number of amides is 1. The molecule has 1 heterocycles. The van der Waals surface area contributed by atoms with Gasteiger partial charge in [-0.05, 0) is 24.1 Å². The van der Waals surface area contributed by atoms with Gasteiger partial charge in [-0.2, -0.15) is 8.78 Å². The van der Waals surface area contributed by atoms with Crippen LogP contribution in [0, 0.1) is 0 Å². The smallest absolute Gasteiger partial charge is 0.387 e. The van der Waals surface area contributed by atoms with Crippen LogP contribution in [0.2, 0.25) is 0 Å². The lowest BCUT2D eigenvalue weighted by Crippen LogP contribution is -2.25. The van der Waals surface area contributed by atoms with Gasteiger partial charge in [-0.3, -0.25) is 4.79 Å². The summed E-state index contributed by atoms with van der Waals surface area (Å²) in [6.07, 6.45) is 0.572. The summed E-state index contributed by atoms with van der Waals surface area (Å²) in [6.45, 7) is -2.75. The van der Waals surface area contributed by atoms with Crippen LogP contribution < -0.4 is 14.8 Å². The number of methoxy groups -OCH3 is 1. The largest absolute Gasteiger partial charge is 0.493 e. The number of hydrogen-bond acceptors (Lipinski definition) is 6. The number of nitrogens with one attached hydrogen (secondary N) is 1. The lowest BCUT2D eigenvalue weighted by Gasteiger charge is -2.12. The van der Waals surface area contributed by atoms with E-state index in [2.05, 4.69) is 10.1 Å². The lowest BCUT2D eigenvalue weighted by atomic mass is 10.2. The quantitative estimate of drug-likeness (QED) is 0.723. The second-order valence-corrected chi connectivity index (χ2v) is 8.99. The van der Waals surface area contributed by atoms with Gasteiger partial charge in [0, 0.05) is 11.8 Å². The highest BCUT2D eigenvalue weighted by atomic mass is 32.2. The van der Waals surface area contributed by atoms with Crippen molar-refractivity contribution in [2.75, 3.05) is 24.4 Å². The van der Waals surface area contributed by atoms with Crippen molar-refractivity contribution in [3.05, 3.63) is 23.8 Å². The monoisotopic (exact) mass is 395 g/mol. The fraction of sp³-hybridized carbons (Fsp3) is 0.533. The van der Waals surface area contributed by atoms with Gasteiger partial charge in [0.15, 0.2) is 21.3 Å². The van der Waals surface area contributed by atoms with E-state index in [1.165, 1.54) is 31.0 Å². The first kappa shape index (κ1) is 19.8. The molecule has 2 rings (SSSR count). The van der Waals surface area contributed by atoms with E-state index < -0.39 is 16.4 Å². The second-order valence-electron chi connectivity index (χ2n) is 5.48. The summed E-state index contributed by atoms with van der Waals surface area (Å²) in [6, 6.07) is 4.41. The molecule has 6 nitrogen and oxygen atoms in total. The molecule has 1 aliphatic rings. The van der Waals surface area contributed by atoms with Crippen molar-refractivity contribution in [3.63, 3.8) is 0 Å². The Hall–Kier alpha value is -1.55. The van der Waals surface area contributed by atoms with E-state index in [4.69, 9.17) is 4.74 Å². The summed E-state index contributed by atoms with van der Waals surface area (Å²) in [7, 11) is -1.62. The molecule has 1 fully saturated rings. The zero-order valence-electron chi connectivity index (χ0n) is 13.5. The third-order valence-corrected chi connectivity index (χ3v) is 6.86. The summed E-state index contributed by atoms with van der Waals surface area (Å²) < 4.78 is 56.6. The van der Waals surface area contributed by atoms with E-state index >= 15 is 0 Å². The van der Waals surface area contributed by atoms with Crippen molar-refractivity contribution in [1.82, 2.24) is 5.32 Å². The summed E-state index contributed by atoms with van der Waals surface area (Å²) in [4.78, 5) is 11.9. The molecule has 0 bridgehead atoms. The molecular formula is C15H19F2NO5S2. The van der Waals surface area contributed by atoms with Crippen molar-refractivity contribution in [2.45, 2.75) is 24.8 Å². The van der Waals surface area contributed by atoms with E-state index in [1.807, 2.05) is 0 Å². The molecule has 0 unspecified atom stereocenters. The van der Waals surface area contributed by atoms with Crippen LogP contribution in [0.4, 0.5) is 8.78 Å².